The Balaban J connectivity index is 2.96. The summed E-state index contributed by atoms with van der Waals surface area (Å²) in [6.45, 7) is 2.20. The van der Waals surface area contributed by atoms with Gasteiger partial charge in [-0.15, -0.1) is 0 Å². The lowest BCUT2D eigenvalue weighted by Crippen LogP contribution is -2.39. The molecular weight excluding hydrogens is 254 g/mol. The second-order valence-corrected chi connectivity index (χ2v) is 4.14. The van der Waals surface area contributed by atoms with Crippen LogP contribution in [0.2, 0.25) is 5.02 Å². The van der Waals surface area contributed by atoms with Crippen molar-refractivity contribution in [2.75, 3.05) is 25.9 Å². The Morgan fingerprint density at radius 2 is 2.11 bits per heavy atom. The van der Waals surface area contributed by atoms with Gasteiger partial charge in [0.2, 0.25) is 5.91 Å². The van der Waals surface area contributed by atoms with Crippen LogP contribution >= 0.6 is 11.6 Å². The van der Waals surface area contributed by atoms with Crippen LogP contribution in [0.1, 0.15) is 17.3 Å². The molecule has 0 aliphatic rings. The Hall–Kier alpha value is -1.75. The SMILES string of the molecule is CCN(CC(=O)NC)C(=O)c1cc(N)ccc1Cl. The minimum absolute atomic E-state index is 0.00301. The van der Waals surface area contributed by atoms with Gasteiger partial charge >= 0.3 is 0 Å². The largest absolute Gasteiger partial charge is 0.399 e. The third kappa shape index (κ3) is 3.37. The van der Waals surface area contributed by atoms with E-state index in [4.69, 9.17) is 17.3 Å². The van der Waals surface area contributed by atoms with Gasteiger partial charge in [0.15, 0.2) is 0 Å². The number of nitrogen functional groups attached to an aromatic ring is 1. The Bertz CT molecular complexity index is 463. The van der Waals surface area contributed by atoms with Crippen LogP contribution in [0.5, 0.6) is 0 Å². The smallest absolute Gasteiger partial charge is 0.255 e. The molecule has 0 atom stereocenters. The van der Waals surface area contributed by atoms with E-state index in [1.165, 1.54) is 18.0 Å². The molecule has 18 heavy (non-hydrogen) atoms. The van der Waals surface area contributed by atoms with Crippen LogP contribution in [0.15, 0.2) is 18.2 Å². The fourth-order valence-corrected chi connectivity index (χ4v) is 1.66. The topological polar surface area (TPSA) is 75.4 Å². The molecule has 0 aliphatic heterocycles. The van der Waals surface area contributed by atoms with E-state index in [2.05, 4.69) is 5.32 Å². The number of hydrogen-bond donors (Lipinski definition) is 2. The monoisotopic (exact) mass is 269 g/mol. The van der Waals surface area contributed by atoms with Crippen LogP contribution in [0.4, 0.5) is 5.69 Å². The van der Waals surface area contributed by atoms with Crippen LogP contribution < -0.4 is 11.1 Å². The predicted molar refractivity (Wildman–Crippen MR) is 71.5 cm³/mol. The first-order valence-electron chi connectivity index (χ1n) is 5.54. The number of anilines is 1. The second-order valence-electron chi connectivity index (χ2n) is 3.73. The van der Waals surface area contributed by atoms with E-state index in [0.717, 1.165) is 0 Å². The van der Waals surface area contributed by atoms with Crippen molar-refractivity contribution in [3.63, 3.8) is 0 Å². The lowest BCUT2D eigenvalue weighted by Gasteiger charge is -2.20. The zero-order valence-corrected chi connectivity index (χ0v) is 11.1. The normalized spacial score (nSPS) is 9.94. The van der Waals surface area contributed by atoms with E-state index in [1.807, 2.05) is 0 Å². The molecule has 0 saturated heterocycles. The third-order valence-corrected chi connectivity index (χ3v) is 2.83. The molecule has 3 N–H and O–H groups in total. The molecule has 0 spiro atoms. The van der Waals surface area contributed by atoms with Crippen molar-refractivity contribution in [2.24, 2.45) is 0 Å². The number of nitrogens with zero attached hydrogens (tertiary/aromatic N) is 1. The number of nitrogens with two attached hydrogens (primary N) is 1. The van der Waals surface area contributed by atoms with Crippen molar-refractivity contribution in [1.29, 1.82) is 0 Å². The first-order chi connectivity index (χ1) is 8.49. The second kappa shape index (κ2) is 6.26. The molecule has 6 heteroatoms. The number of halogens is 1. The van der Waals surface area contributed by atoms with Gasteiger partial charge in [-0.1, -0.05) is 11.6 Å². The van der Waals surface area contributed by atoms with Gasteiger partial charge in [0.05, 0.1) is 17.1 Å². The van der Waals surface area contributed by atoms with Crippen molar-refractivity contribution in [2.45, 2.75) is 6.92 Å². The summed E-state index contributed by atoms with van der Waals surface area (Å²) < 4.78 is 0. The number of amides is 2. The zero-order chi connectivity index (χ0) is 13.7. The van der Waals surface area contributed by atoms with Crippen LogP contribution in [-0.2, 0) is 4.79 Å². The summed E-state index contributed by atoms with van der Waals surface area (Å²) in [5, 5.41) is 2.80. The molecule has 1 aromatic carbocycles. The number of benzene rings is 1. The molecule has 5 nitrogen and oxygen atoms in total. The van der Waals surface area contributed by atoms with E-state index in [9.17, 15) is 9.59 Å². The number of carbonyl (C=O) groups is 2. The summed E-state index contributed by atoms with van der Waals surface area (Å²) in [4.78, 5) is 24.9. The fraction of sp³-hybridized carbons (Fsp3) is 0.333. The van der Waals surface area contributed by atoms with Crippen LogP contribution in [0.25, 0.3) is 0 Å². The van der Waals surface area contributed by atoms with E-state index in [-0.39, 0.29) is 18.4 Å². The maximum atomic E-state index is 12.2. The minimum atomic E-state index is -0.307. The van der Waals surface area contributed by atoms with Crippen molar-refractivity contribution in [1.82, 2.24) is 10.2 Å². The van der Waals surface area contributed by atoms with E-state index >= 15 is 0 Å². The first kappa shape index (κ1) is 14.3. The highest BCUT2D eigenvalue weighted by atomic mass is 35.5. The molecule has 0 unspecified atom stereocenters. The van der Waals surface area contributed by atoms with Gasteiger partial charge in [-0.2, -0.15) is 0 Å². The van der Waals surface area contributed by atoms with Gasteiger partial charge in [-0.05, 0) is 25.1 Å². The summed E-state index contributed by atoms with van der Waals surface area (Å²) in [7, 11) is 1.52. The van der Waals surface area contributed by atoms with Crippen molar-refractivity contribution in [3.05, 3.63) is 28.8 Å². The van der Waals surface area contributed by atoms with Crippen molar-refractivity contribution >= 4 is 29.1 Å². The van der Waals surface area contributed by atoms with Gasteiger partial charge in [0, 0.05) is 19.3 Å². The maximum absolute atomic E-state index is 12.2. The molecule has 0 aliphatic carbocycles. The van der Waals surface area contributed by atoms with Gasteiger partial charge in [0.25, 0.3) is 5.91 Å². The number of hydrogen-bond acceptors (Lipinski definition) is 3. The Morgan fingerprint density at radius 3 is 2.67 bits per heavy atom. The highest BCUT2D eigenvalue weighted by Gasteiger charge is 2.19. The molecule has 2 amide bonds. The highest BCUT2D eigenvalue weighted by molar-refractivity contribution is 6.34. The fourth-order valence-electron chi connectivity index (χ4n) is 1.46. The van der Waals surface area contributed by atoms with Crippen molar-refractivity contribution in [3.8, 4) is 0 Å². The first-order valence-corrected chi connectivity index (χ1v) is 5.92. The molecule has 0 bridgehead atoms. The van der Waals surface area contributed by atoms with Gasteiger partial charge in [-0.3, -0.25) is 9.59 Å². The average molecular weight is 270 g/mol. The van der Waals surface area contributed by atoms with Gasteiger partial charge in [-0.25, -0.2) is 0 Å². The lowest BCUT2D eigenvalue weighted by atomic mass is 10.1. The molecule has 1 rings (SSSR count). The lowest BCUT2D eigenvalue weighted by molar-refractivity contribution is -0.121. The van der Waals surface area contributed by atoms with Crippen LogP contribution in [0, 0.1) is 0 Å². The average Bonchev–Trinajstić information content (AvgIpc) is 2.37. The van der Waals surface area contributed by atoms with E-state index in [0.29, 0.717) is 22.8 Å². The number of carbonyl (C=O) groups excluding carboxylic acids is 2. The Kier molecular flexibility index (Phi) is 4.97. The molecule has 0 fully saturated rings. The van der Waals surface area contributed by atoms with Gasteiger partial charge in [0.1, 0.15) is 0 Å². The molecule has 0 radical (unpaired) electrons. The molecule has 1 aromatic rings. The summed E-state index contributed by atoms with van der Waals surface area (Å²) in [5.41, 5.74) is 6.39. The molecule has 0 heterocycles. The Morgan fingerprint density at radius 1 is 1.44 bits per heavy atom. The summed E-state index contributed by atoms with van der Waals surface area (Å²) in [6, 6.07) is 4.70. The maximum Gasteiger partial charge on any atom is 0.255 e. The van der Waals surface area contributed by atoms with E-state index < -0.39 is 0 Å². The standard InChI is InChI=1S/C12H16ClN3O2/c1-3-16(7-11(17)15-2)12(18)9-6-8(14)4-5-10(9)13/h4-6H,3,7,14H2,1-2H3,(H,15,17). The molecule has 98 valence electrons. The highest BCUT2D eigenvalue weighted by Crippen LogP contribution is 2.20. The zero-order valence-electron chi connectivity index (χ0n) is 10.4. The predicted octanol–water partition coefficient (Wildman–Crippen LogP) is 1.13. The summed E-state index contributed by atoms with van der Waals surface area (Å²) in [5.74, 6) is -0.538. The summed E-state index contributed by atoms with van der Waals surface area (Å²) in [6.07, 6.45) is 0. The third-order valence-electron chi connectivity index (χ3n) is 2.50. The molecular formula is C12H16ClN3O2. The number of nitrogens with one attached hydrogen (secondary N) is 1. The van der Waals surface area contributed by atoms with Crippen LogP contribution in [-0.4, -0.2) is 36.9 Å². The Labute approximate surface area is 111 Å². The van der Waals surface area contributed by atoms with Gasteiger partial charge < -0.3 is 16.0 Å². The quantitative estimate of drug-likeness (QED) is 0.805. The number of likely N-dealkylation sites (N-methyl/N-ethyl adjacent to an activating group) is 2. The van der Waals surface area contributed by atoms with E-state index in [1.54, 1.807) is 19.1 Å². The van der Waals surface area contributed by atoms with Crippen LogP contribution in [0.3, 0.4) is 0 Å². The van der Waals surface area contributed by atoms with Crippen molar-refractivity contribution < 1.29 is 9.59 Å². The summed E-state index contributed by atoms with van der Waals surface area (Å²) >= 11 is 5.96. The molecule has 0 aromatic heterocycles. The number of rotatable bonds is 4. The minimum Gasteiger partial charge on any atom is -0.399 e. The molecule has 0 saturated carbocycles.